The van der Waals surface area contributed by atoms with Gasteiger partial charge in [-0.1, -0.05) is 18.2 Å². The summed E-state index contributed by atoms with van der Waals surface area (Å²) < 4.78 is 5.31. The van der Waals surface area contributed by atoms with Crippen LogP contribution in [0.5, 0.6) is 0 Å². The summed E-state index contributed by atoms with van der Waals surface area (Å²) in [5, 5.41) is 21.9. The summed E-state index contributed by atoms with van der Waals surface area (Å²) in [5.74, 6) is -1.50. The highest BCUT2D eigenvalue weighted by atomic mass is 16.6. The Balaban J connectivity index is 1.72. The molecule has 2 aromatic carbocycles. The maximum atomic E-state index is 12.4. The maximum absolute atomic E-state index is 12.4. The predicted molar refractivity (Wildman–Crippen MR) is 114 cm³/mol. The molecule has 0 unspecified atom stereocenters. The van der Waals surface area contributed by atoms with Gasteiger partial charge in [-0.05, 0) is 36.4 Å². The normalized spacial score (nSPS) is 10.7. The Kier molecular flexibility index (Phi) is 6.81. The van der Waals surface area contributed by atoms with Crippen molar-refractivity contribution in [2.45, 2.75) is 6.54 Å². The standard InChI is InChI=1S/C21H17N5O6/c1-32-21(29)14-11-18(26(30)31)20(28)25(12-14)13-19(27)22-15-7-9-17(10-8-15)24-23-16-5-3-2-4-6-16/h2-12H,13H2,1H3,(H,22,27). The van der Waals surface area contributed by atoms with Crippen LogP contribution in [0.4, 0.5) is 22.7 Å². The summed E-state index contributed by atoms with van der Waals surface area (Å²) in [7, 11) is 1.10. The maximum Gasteiger partial charge on any atom is 0.339 e. The highest BCUT2D eigenvalue weighted by Gasteiger charge is 2.21. The predicted octanol–water partition coefficient (Wildman–Crippen LogP) is 3.60. The number of rotatable bonds is 7. The van der Waals surface area contributed by atoms with Crippen molar-refractivity contribution in [2.75, 3.05) is 12.4 Å². The van der Waals surface area contributed by atoms with Crippen molar-refractivity contribution in [3.8, 4) is 0 Å². The van der Waals surface area contributed by atoms with Crippen LogP contribution in [0.2, 0.25) is 0 Å². The zero-order chi connectivity index (χ0) is 23.1. The number of nitrogens with zero attached hydrogens (tertiary/aromatic N) is 4. The Morgan fingerprint density at radius 3 is 2.28 bits per heavy atom. The summed E-state index contributed by atoms with van der Waals surface area (Å²) in [6, 6.07) is 16.4. The number of methoxy groups -OCH3 is 1. The molecular weight excluding hydrogens is 418 g/mol. The number of nitro groups is 1. The first-order chi connectivity index (χ1) is 15.4. The Bertz CT molecular complexity index is 1240. The van der Waals surface area contributed by atoms with E-state index in [1.807, 2.05) is 18.2 Å². The number of nitrogens with one attached hydrogen (secondary N) is 1. The number of hydrogen-bond donors (Lipinski definition) is 1. The van der Waals surface area contributed by atoms with Crippen LogP contribution < -0.4 is 10.9 Å². The van der Waals surface area contributed by atoms with Crippen molar-refractivity contribution in [3.63, 3.8) is 0 Å². The van der Waals surface area contributed by atoms with Crippen molar-refractivity contribution in [1.82, 2.24) is 4.57 Å². The third-order valence-corrected chi connectivity index (χ3v) is 4.19. The largest absolute Gasteiger partial charge is 0.465 e. The van der Waals surface area contributed by atoms with Gasteiger partial charge in [-0.15, -0.1) is 0 Å². The van der Waals surface area contributed by atoms with Crippen LogP contribution in [-0.4, -0.2) is 28.5 Å². The summed E-state index contributed by atoms with van der Waals surface area (Å²) in [6.45, 7) is -0.542. The molecule has 0 aliphatic heterocycles. The average Bonchev–Trinajstić information content (AvgIpc) is 2.79. The van der Waals surface area contributed by atoms with Crippen molar-refractivity contribution >= 4 is 34.6 Å². The molecule has 32 heavy (non-hydrogen) atoms. The van der Waals surface area contributed by atoms with E-state index in [0.29, 0.717) is 17.1 Å². The Labute approximate surface area is 181 Å². The number of azo groups is 1. The molecule has 0 radical (unpaired) electrons. The van der Waals surface area contributed by atoms with E-state index in [-0.39, 0.29) is 5.56 Å². The highest BCUT2D eigenvalue weighted by molar-refractivity contribution is 5.91. The Morgan fingerprint density at radius 2 is 1.69 bits per heavy atom. The van der Waals surface area contributed by atoms with E-state index >= 15 is 0 Å². The average molecular weight is 435 g/mol. The molecule has 1 N–H and O–H groups in total. The van der Waals surface area contributed by atoms with Gasteiger partial charge in [-0.25, -0.2) is 4.79 Å². The molecule has 0 aliphatic carbocycles. The molecule has 0 aliphatic rings. The van der Waals surface area contributed by atoms with Crippen LogP contribution in [0.1, 0.15) is 10.4 Å². The Hall–Kier alpha value is -4.67. The lowest BCUT2D eigenvalue weighted by Gasteiger charge is -2.09. The van der Waals surface area contributed by atoms with Crippen LogP contribution in [0, 0.1) is 10.1 Å². The van der Waals surface area contributed by atoms with E-state index in [1.54, 1.807) is 36.4 Å². The molecule has 1 aromatic heterocycles. The van der Waals surface area contributed by atoms with Gasteiger partial charge in [0, 0.05) is 18.0 Å². The number of aromatic nitrogens is 1. The van der Waals surface area contributed by atoms with E-state index in [0.717, 1.165) is 23.9 Å². The first-order valence-electron chi connectivity index (χ1n) is 9.21. The van der Waals surface area contributed by atoms with Gasteiger partial charge in [0.2, 0.25) is 5.91 Å². The second kappa shape index (κ2) is 9.89. The smallest absolute Gasteiger partial charge is 0.339 e. The first kappa shape index (κ1) is 22.0. The molecule has 162 valence electrons. The van der Waals surface area contributed by atoms with E-state index in [1.165, 1.54) is 0 Å². The van der Waals surface area contributed by atoms with Crippen molar-refractivity contribution in [1.29, 1.82) is 0 Å². The number of hydrogen-bond acceptors (Lipinski definition) is 8. The molecule has 0 saturated heterocycles. The molecule has 3 rings (SSSR count). The van der Waals surface area contributed by atoms with Crippen LogP contribution in [0.25, 0.3) is 0 Å². The number of pyridine rings is 1. The van der Waals surface area contributed by atoms with Gasteiger partial charge in [0.05, 0.1) is 29.0 Å². The van der Waals surface area contributed by atoms with Gasteiger partial charge in [-0.2, -0.15) is 10.2 Å². The van der Waals surface area contributed by atoms with E-state index in [2.05, 4.69) is 20.3 Å². The van der Waals surface area contributed by atoms with Crippen LogP contribution in [0.3, 0.4) is 0 Å². The number of carbonyl (C=O) groups excluding carboxylic acids is 2. The molecule has 1 amide bonds. The molecule has 0 fully saturated rings. The lowest BCUT2D eigenvalue weighted by molar-refractivity contribution is -0.386. The second-order valence-electron chi connectivity index (χ2n) is 6.43. The zero-order valence-electron chi connectivity index (χ0n) is 16.8. The van der Waals surface area contributed by atoms with Gasteiger partial charge >= 0.3 is 17.2 Å². The molecule has 1 heterocycles. The molecule has 11 heteroatoms. The lowest BCUT2D eigenvalue weighted by Crippen LogP contribution is -2.29. The number of benzene rings is 2. The minimum atomic E-state index is -1.02. The SMILES string of the molecule is COC(=O)c1cc([N+](=O)[O-])c(=O)n(CC(=O)Nc2ccc(N=Nc3ccccc3)cc2)c1. The monoisotopic (exact) mass is 435 g/mol. The molecule has 0 saturated carbocycles. The molecule has 0 bridgehead atoms. The number of carbonyl (C=O) groups is 2. The van der Waals surface area contributed by atoms with Gasteiger partial charge < -0.3 is 10.1 Å². The van der Waals surface area contributed by atoms with Crippen LogP contribution in [-0.2, 0) is 16.1 Å². The minimum absolute atomic E-state index is 0.222. The lowest BCUT2D eigenvalue weighted by atomic mass is 10.2. The van der Waals surface area contributed by atoms with Crippen LogP contribution >= 0.6 is 0 Å². The van der Waals surface area contributed by atoms with Crippen molar-refractivity contribution in [3.05, 3.63) is 92.9 Å². The fraction of sp³-hybridized carbons (Fsp3) is 0.0952. The summed E-state index contributed by atoms with van der Waals surface area (Å²) in [4.78, 5) is 46.5. The molecule has 0 atom stereocenters. The van der Waals surface area contributed by atoms with Gasteiger partial charge in [0.15, 0.2) is 0 Å². The fourth-order valence-electron chi connectivity index (χ4n) is 2.67. The minimum Gasteiger partial charge on any atom is -0.465 e. The fourth-order valence-corrected chi connectivity index (χ4v) is 2.67. The number of esters is 1. The van der Waals surface area contributed by atoms with Gasteiger partial charge in [-0.3, -0.25) is 24.3 Å². The first-order valence-corrected chi connectivity index (χ1v) is 9.21. The van der Waals surface area contributed by atoms with Gasteiger partial charge in [0.1, 0.15) is 6.54 Å². The topological polar surface area (TPSA) is 145 Å². The zero-order valence-corrected chi connectivity index (χ0v) is 16.8. The molecule has 0 spiro atoms. The third kappa shape index (κ3) is 5.48. The van der Waals surface area contributed by atoms with Crippen molar-refractivity contribution < 1.29 is 19.2 Å². The third-order valence-electron chi connectivity index (χ3n) is 4.19. The number of anilines is 1. The van der Waals surface area contributed by atoms with E-state index in [9.17, 15) is 24.5 Å². The summed E-state index contributed by atoms with van der Waals surface area (Å²) in [5.41, 5.74) is -0.411. The van der Waals surface area contributed by atoms with E-state index in [4.69, 9.17) is 0 Å². The van der Waals surface area contributed by atoms with E-state index < -0.39 is 34.6 Å². The summed E-state index contributed by atoms with van der Waals surface area (Å²) >= 11 is 0. The highest BCUT2D eigenvalue weighted by Crippen LogP contribution is 2.20. The Morgan fingerprint density at radius 1 is 1.06 bits per heavy atom. The number of amides is 1. The molecular formula is C21H17N5O6. The molecule has 3 aromatic rings. The summed E-state index contributed by atoms with van der Waals surface area (Å²) in [6.07, 6.45) is 1.04. The number of ether oxygens (including phenoxy) is 1. The second-order valence-corrected chi connectivity index (χ2v) is 6.43. The van der Waals surface area contributed by atoms with Crippen LogP contribution in [0.15, 0.2) is 81.9 Å². The van der Waals surface area contributed by atoms with Crippen molar-refractivity contribution in [2.24, 2.45) is 10.2 Å². The quantitative estimate of drug-likeness (QED) is 0.260. The molecule has 11 nitrogen and oxygen atoms in total. The van der Waals surface area contributed by atoms with Gasteiger partial charge in [0.25, 0.3) is 0 Å².